The highest BCUT2D eigenvalue weighted by molar-refractivity contribution is 6.00. The van der Waals surface area contributed by atoms with Crippen molar-refractivity contribution in [1.82, 2.24) is 5.32 Å². The van der Waals surface area contributed by atoms with Gasteiger partial charge in [0, 0.05) is 17.3 Å². The van der Waals surface area contributed by atoms with Crippen LogP contribution in [0.5, 0.6) is 0 Å². The van der Waals surface area contributed by atoms with Crippen molar-refractivity contribution in [3.8, 4) is 0 Å². The summed E-state index contributed by atoms with van der Waals surface area (Å²) in [6, 6.07) is 4.81. The number of carbonyl (C=O) groups is 2. The Balaban J connectivity index is 2.07. The summed E-state index contributed by atoms with van der Waals surface area (Å²) in [6.45, 7) is 7.78. The largest absolute Gasteiger partial charge is 0.480 e. The molecular formula is C18H26N2O3. The molecule has 1 aliphatic rings. The second-order valence-electron chi connectivity index (χ2n) is 6.89. The summed E-state index contributed by atoms with van der Waals surface area (Å²) < 4.78 is 0. The van der Waals surface area contributed by atoms with Crippen molar-refractivity contribution in [1.29, 1.82) is 0 Å². The fraction of sp³-hybridized carbons (Fsp3) is 0.556. The van der Waals surface area contributed by atoms with Crippen molar-refractivity contribution in [3.05, 3.63) is 29.3 Å². The van der Waals surface area contributed by atoms with Crippen molar-refractivity contribution in [2.75, 3.05) is 5.32 Å². The van der Waals surface area contributed by atoms with E-state index in [1.165, 1.54) is 0 Å². The zero-order valence-electron chi connectivity index (χ0n) is 14.2. The normalized spacial score (nSPS) is 19.1. The quantitative estimate of drug-likeness (QED) is 0.674. The van der Waals surface area contributed by atoms with Gasteiger partial charge in [-0.15, -0.1) is 0 Å². The van der Waals surface area contributed by atoms with Gasteiger partial charge in [0.05, 0.1) is 6.04 Å². The molecule has 0 saturated carbocycles. The fourth-order valence-electron chi connectivity index (χ4n) is 3.04. The molecule has 126 valence electrons. The Morgan fingerprint density at radius 2 is 2.04 bits per heavy atom. The molecule has 23 heavy (non-hydrogen) atoms. The molecule has 3 atom stereocenters. The number of carbonyl (C=O) groups excluding carboxylic acids is 1. The number of fused-ring (bicyclic) bond motifs is 1. The van der Waals surface area contributed by atoms with Crippen molar-refractivity contribution in [2.24, 2.45) is 5.92 Å². The van der Waals surface area contributed by atoms with Crippen LogP contribution in [0.2, 0.25) is 0 Å². The van der Waals surface area contributed by atoms with Gasteiger partial charge in [-0.1, -0.05) is 13.8 Å². The number of hydrogen-bond donors (Lipinski definition) is 3. The summed E-state index contributed by atoms with van der Waals surface area (Å²) in [4.78, 5) is 23.9. The molecule has 0 amide bonds. The van der Waals surface area contributed by atoms with Gasteiger partial charge in [0.25, 0.3) is 0 Å². The maximum absolute atomic E-state index is 12.6. The number of nitrogens with one attached hydrogen (secondary N) is 2. The number of Topliss-reactive ketones (excluding diaryl/α,β-unsaturated/α-hetero) is 1. The van der Waals surface area contributed by atoms with Crippen molar-refractivity contribution >= 4 is 17.4 Å². The van der Waals surface area contributed by atoms with Crippen molar-refractivity contribution in [2.45, 2.75) is 58.7 Å². The van der Waals surface area contributed by atoms with E-state index in [0.717, 1.165) is 17.7 Å². The summed E-state index contributed by atoms with van der Waals surface area (Å²) in [6.07, 6.45) is 1.40. The third-order valence-corrected chi connectivity index (χ3v) is 4.17. The summed E-state index contributed by atoms with van der Waals surface area (Å²) in [7, 11) is 0. The highest BCUT2D eigenvalue weighted by Gasteiger charge is 2.25. The second-order valence-corrected chi connectivity index (χ2v) is 6.89. The predicted octanol–water partition coefficient (Wildman–Crippen LogP) is 2.70. The number of rotatable bonds is 7. The van der Waals surface area contributed by atoms with Gasteiger partial charge in [0.2, 0.25) is 0 Å². The first kappa shape index (κ1) is 17.5. The molecule has 1 aromatic carbocycles. The number of carboxylic acids is 1. The van der Waals surface area contributed by atoms with Crippen LogP contribution in [-0.2, 0) is 11.2 Å². The van der Waals surface area contributed by atoms with Crippen LogP contribution < -0.4 is 10.6 Å². The number of aliphatic carboxylic acids is 1. The minimum atomic E-state index is -0.912. The molecule has 2 rings (SSSR count). The van der Waals surface area contributed by atoms with Crippen LogP contribution >= 0.6 is 0 Å². The van der Waals surface area contributed by atoms with E-state index in [9.17, 15) is 14.7 Å². The van der Waals surface area contributed by atoms with Gasteiger partial charge >= 0.3 is 5.97 Å². The van der Waals surface area contributed by atoms with E-state index in [2.05, 4.69) is 17.6 Å². The lowest BCUT2D eigenvalue weighted by atomic mass is 9.98. The third-order valence-electron chi connectivity index (χ3n) is 4.17. The molecule has 3 unspecified atom stereocenters. The molecule has 0 aliphatic carbocycles. The van der Waals surface area contributed by atoms with Crippen LogP contribution in [0, 0.1) is 5.92 Å². The maximum Gasteiger partial charge on any atom is 0.320 e. The van der Waals surface area contributed by atoms with Gasteiger partial charge in [0.15, 0.2) is 5.78 Å². The van der Waals surface area contributed by atoms with Crippen LogP contribution in [0.1, 0.15) is 50.0 Å². The van der Waals surface area contributed by atoms with E-state index in [4.69, 9.17) is 0 Å². The summed E-state index contributed by atoms with van der Waals surface area (Å²) >= 11 is 0. The van der Waals surface area contributed by atoms with Crippen LogP contribution in [-0.4, -0.2) is 35.0 Å². The lowest BCUT2D eigenvalue weighted by molar-refractivity contribution is -0.140. The van der Waals surface area contributed by atoms with E-state index < -0.39 is 18.1 Å². The van der Waals surface area contributed by atoms with E-state index in [1.807, 2.05) is 32.0 Å². The highest BCUT2D eigenvalue weighted by Crippen LogP contribution is 2.27. The Morgan fingerprint density at radius 3 is 2.65 bits per heavy atom. The van der Waals surface area contributed by atoms with Crippen LogP contribution in [0.4, 0.5) is 5.69 Å². The summed E-state index contributed by atoms with van der Waals surface area (Å²) in [5.74, 6) is -0.730. The zero-order valence-corrected chi connectivity index (χ0v) is 14.2. The van der Waals surface area contributed by atoms with E-state index in [1.54, 1.807) is 6.92 Å². The molecule has 5 nitrogen and oxygen atoms in total. The third kappa shape index (κ3) is 4.32. The van der Waals surface area contributed by atoms with Gasteiger partial charge < -0.3 is 10.4 Å². The lowest BCUT2D eigenvalue weighted by Crippen LogP contribution is -2.46. The van der Waals surface area contributed by atoms with Gasteiger partial charge in [-0.05, 0) is 56.4 Å². The molecule has 5 heteroatoms. The van der Waals surface area contributed by atoms with Crippen LogP contribution in [0.15, 0.2) is 18.2 Å². The fourth-order valence-corrected chi connectivity index (χ4v) is 3.04. The summed E-state index contributed by atoms with van der Waals surface area (Å²) in [5, 5.41) is 15.6. The SMILES string of the molecule is CC(C)CC(NC(C)C(=O)c1ccc2c(c1)CC(C)N2)C(=O)O. The van der Waals surface area contributed by atoms with Gasteiger partial charge in [-0.25, -0.2) is 0 Å². The Morgan fingerprint density at radius 1 is 1.35 bits per heavy atom. The molecule has 0 fully saturated rings. The highest BCUT2D eigenvalue weighted by atomic mass is 16.4. The van der Waals surface area contributed by atoms with Crippen molar-refractivity contribution < 1.29 is 14.7 Å². The molecule has 0 spiro atoms. The van der Waals surface area contributed by atoms with E-state index in [-0.39, 0.29) is 11.7 Å². The Bertz CT molecular complexity index is 598. The topological polar surface area (TPSA) is 78.4 Å². The van der Waals surface area contributed by atoms with E-state index in [0.29, 0.717) is 18.0 Å². The Kier molecular flexibility index (Phi) is 5.42. The molecular weight excluding hydrogens is 292 g/mol. The predicted molar refractivity (Wildman–Crippen MR) is 91.0 cm³/mol. The molecule has 0 saturated heterocycles. The monoisotopic (exact) mass is 318 g/mol. The molecule has 1 heterocycles. The lowest BCUT2D eigenvalue weighted by Gasteiger charge is -2.21. The van der Waals surface area contributed by atoms with E-state index >= 15 is 0 Å². The standard InChI is InChI=1S/C18H26N2O3/c1-10(2)7-16(18(22)23)20-12(4)17(21)13-5-6-15-14(9-13)8-11(3)19-15/h5-6,9-12,16,19-20H,7-8H2,1-4H3,(H,22,23). The van der Waals surface area contributed by atoms with Gasteiger partial charge in [-0.2, -0.15) is 0 Å². The molecule has 0 radical (unpaired) electrons. The first-order valence-electron chi connectivity index (χ1n) is 8.20. The minimum Gasteiger partial charge on any atom is -0.480 e. The number of anilines is 1. The number of hydrogen-bond acceptors (Lipinski definition) is 4. The molecule has 0 aromatic heterocycles. The van der Waals surface area contributed by atoms with Gasteiger partial charge in [-0.3, -0.25) is 14.9 Å². The summed E-state index contributed by atoms with van der Waals surface area (Å²) in [5.41, 5.74) is 2.86. The van der Waals surface area contributed by atoms with Gasteiger partial charge in [0.1, 0.15) is 6.04 Å². The second kappa shape index (κ2) is 7.13. The number of benzene rings is 1. The number of ketones is 1. The first-order valence-corrected chi connectivity index (χ1v) is 8.20. The smallest absolute Gasteiger partial charge is 0.320 e. The minimum absolute atomic E-state index is 0.0673. The van der Waals surface area contributed by atoms with Crippen molar-refractivity contribution in [3.63, 3.8) is 0 Å². The molecule has 1 aliphatic heterocycles. The first-order chi connectivity index (χ1) is 10.8. The zero-order chi connectivity index (χ0) is 17.1. The number of carboxylic acid groups (broad SMARTS) is 1. The molecule has 0 bridgehead atoms. The Labute approximate surface area is 137 Å². The Hall–Kier alpha value is -1.88. The van der Waals surface area contributed by atoms with Crippen LogP contribution in [0.3, 0.4) is 0 Å². The maximum atomic E-state index is 12.6. The average molecular weight is 318 g/mol. The molecule has 3 N–H and O–H groups in total. The average Bonchev–Trinajstić information content (AvgIpc) is 2.84. The van der Waals surface area contributed by atoms with Crippen LogP contribution in [0.25, 0.3) is 0 Å². The molecule has 1 aromatic rings.